The summed E-state index contributed by atoms with van der Waals surface area (Å²) in [5.74, 6) is -4.02. The summed E-state index contributed by atoms with van der Waals surface area (Å²) in [7, 11) is -1.65. The zero-order chi connectivity index (χ0) is 36.5. The SMILES string of the molecule is C[C@@H](NC(=O)c1ccc(CNC(=O)CN2CCN3CCN4CCN(CC2)CC(=O)OC(OC(=O)C3)OC(=O)C4)nc1)C(=O)N1CCC[C@H]1B(O)O. The maximum absolute atomic E-state index is 13.1. The third-order valence-electron chi connectivity index (χ3n) is 9.24. The van der Waals surface area contributed by atoms with Crippen LogP contribution in [0.25, 0.3) is 0 Å². The minimum absolute atomic E-state index is 0.0324. The van der Waals surface area contributed by atoms with E-state index in [4.69, 9.17) is 14.2 Å². The van der Waals surface area contributed by atoms with Crippen LogP contribution in [0.4, 0.5) is 0 Å². The number of nitrogens with zero attached hydrogens (tertiary/aromatic N) is 6. The van der Waals surface area contributed by atoms with E-state index in [-0.39, 0.29) is 44.2 Å². The molecule has 4 saturated heterocycles. The van der Waals surface area contributed by atoms with Gasteiger partial charge in [-0.1, -0.05) is 0 Å². The van der Waals surface area contributed by atoms with Gasteiger partial charge in [0.05, 0.1) is 49.9 Å². The fourth-order valence-electron chi connectivity index (χ4n) is 6.34. The van der Waals surface area contributed by atoms with E-state index in [2.05, 4.69) is 15.6 Å². The zero-order valence-electron chi connectivity index (χ0n) is 28.6. The van der Waals surface area contributed by atoms with Crippen molar-refractivity contribution < 1.29 is 53.0 Å². The molecule has 4 N–H and O–H groups in total. The van der Waals surface area contributed by atoms with Crippen LogP contribution in [0.2, 0.25) is 0 Å². The first-order chi connectivity index (χ1) is 24.4. The molecule has 5 heterocycles. The number of amides is 3. The highest BCUT2D eigenvalue weighted by Crippen LogP contribution is 2.19. The highest BCUT2D eigenvalue weighted by atomic mass is 16.9. The number of aromatic nitrogens is 1. The molecule has 4 bridgehead atoms. The van der Waals surface area contributed by atoms with Crippen LogP contribution in [-0.2, 0) is 44.7 Å². The highest BCUT2D eigenvalue weighted by Gasteiger charge is 2.38. The van der Waals surface area contributed by atoms with E-state index in [9.17, 15) is 38.8 Å². The van der Waals surface area contributed by atoms with Crippen LogP contribution in [0.15, 0.2) is 18.3 Å². The van der Waals surface area contributed by atoms with E-state index < -0.39 is 55.3 Å². The Morgan fingerprint density at radius 3 is 1.92 bits per heavy atom. The maximum atomic E-state index is 13.1. The van der Waals surface area contributed by atoms with E-state index in [1.165, 1.54) is 24.1 Å². The number of carbonyl (C=O) groups excluding carboxylic acids is 6. The van der Waals surface area contributed by atoms with Crippen molar-refractivity contribution in [3.8, 4) is 0 Å². The first kappa shape index (κ1) is 38.0. The van der Waals surface area contributed by atoms with Gasteiger partial charge in [0.25, 0.3) is 5.91 Å². The molecule has 278 valence electrons. The lowest BCUT2D eigenvalue weighted by molar-refractivity contribution is -0.258. The molecule has 1 aromatic rings. The molecule has 0 saturated carbocycles. The molecule has 5 rings (SSSR count). The van der Waals surface area contributed by atoms with Crippen molar-refractivity contribution in [2.75, 3.05) is 85.1 Å². The van der Waals surface area contributed by atoms with Gasteiger partial charge in [-0.2, -0.15) is 0 Å². The Morgan fingerprint density at radius 1 is 0.863 bits per heavy atom. The number of hydrogen-bond donors (Lipinski definition) is 4. The molecule has 4 atom stereocenters. The molecule has 2 unspecified atom stereocenters. The maximum Gasteiger partial charge on any atom is 0.475 e. The Kier molecular flexibility index (Phi) is 13.3. The number of pyridine rings is 1. The molecule has 0 aromatic carbocycles. The summed E-state index contributed by atoms with van der Waals surface area (Å²) in [5.41, 5.74) is 0.714. The average Bonchev–Trinajstić information content (AvgIpc) is 3.57. The number of nitrogens with one attached hydrogen (secondary N) is 2. The molecular weight excluding hydrogens is 671 g/mol. The van der Waals surface area contributed by atoms with Crippen LogP contribution in [0, 0.1) is 0 Å². The van der Waals surface area contributed by atoms with Crippen LogP contribution < -0.4 is 10.6 Å². The van der Waals surface area contributed by atoms with Crippen LogP contribution in [0.3, 0.4) is 0 Å². The number of ether oxygens (including phenoxy) is 3. The molecule has 20 heteroatoms. The fraction of sp³-hybridized carbons (Fsp3) is 0.645. The molecule has 4 fully saturated rings. The van der Waals surface area contributed by atoms with Gasteiger partial charge in [-0.25, -0.2) is 0 Å². The largest absolute Gasteiger partial charge is 0.475 e. The predicted molar refractivity (Wildman–Crippen MR) is 176 cm³/mol. The summed E-state index contributed by atoms with van der Waals surface area (Å²) in [4.78, 5) is 89.8. The Labute approximate surface area is 295 Å². The van der Waals surface area contributed by atoms with Crippen molar-refractivity contribution in [3.05, 3.63) is 29.6 Å². The fourth-order valence-corrected chi connectivity index (χ4v) is 6.34. The van der Waals surface area contributed by atoms with Crippen molar-refractivity contribution in [3.63, 3.8) is 0 Å². The molecular formula is C31H45BN8O11. The Hall–Kier alpha value is -4.21. The van der Waals surface area contributed by atoms with Gasteiger partial charge in [-0.3, -0.25) is 53.4 Å². The van der Waals surface area contributed by atoms with Gasteiger partial charge in [-0.15, -0.1) is 0 Å². The number of rotatable bonds is 8. The standard InChI is InChI=1S/C31H45BN8O11/c1-21(30(46)40-6-2-3-24(40)32(47)48)35-29(45)22-4-5-23(33-15-22)16-34-25(41)17-36-7-9-37-11-13-39-14-12-38(10-8-36)19-27(43)50-31(49-26(42)18-37)51-28(44)20-39/h4-5,15,21,24,31,47-48H,2-3,6-14,16-20H2,1H3,(H,34,41)(H,35,45)/t21-,24+/m1/s1. The summed E-state index contributed by atoms with van der Waals surface area (Å²) in [5, 5.41) is 24.6. The average molecular weight is 717 g/mol. The van der Waals surface area contributed by atoms with E-state index in [0.717, 1.165) is 0 Å². The van der Waals surface area contributed by atoms with E-state index in [1.54, 1.807) is 6.07 Å². The lowest BCUT2D eigenvalue weighted by Gasteiger charge is -2.33. The van der Waals surface area contributed by atoms with Gasteiger partial charge in [-0.05, 0) is 31.9 Å². The Balaban J connectivity index is 1.15. The highest BCUT2D eigenvalue weighted by molar-refractivity contribution is 6.43. The van der Waals surface area contributed by atoms with Gasteiger partial charge < -0.3 is 39.8 Å². The van der Waals surface area contributed by atoms with E-state index in [1.807, 2.05) is 19.6 Å². The van der Waals surface area contributed by atoms with E-state index in [0.29, 0.717) is 77.4 Å². The van der Waals surface area contributed by atoms with Gasteiger partial charge in [0.2, 0.25) is 11.8 Å². The van der Waals surface area contributed by atoms with Crippen LogP contribution in [0.5, 0.6) is 0 Å². The Bertz CT molecular complexity index is 1400. The predicted octanol–water partition coefficient (Wildman–Crippen LogP) is -4.02. The molecule has 4 aliphatic heterocycles. The summed E-state index contributed by atoms with van der Waals surface area (Å²) in [6.07, 6.45) is 2.46. The van der Waals surface area contributed by atoms with Gasteiger partial charge in [0.1, 0.15) is 6.04 Å². The molecule has 0 spiro atoms. The van der Waals surface area contributed by atoms with Crippen molar-refractivity contribution >= 4 is 42.7 Å². The molecule has 1 aromatic heterocycles. The number of esters is 3. The topological polar surface area (TPSA) is 224 Å². The summed E-state index contributed by atoms with van der Waals surface area (Å²) in [6.45, 7) is 3.51. The zero-order valence-corrected chi connectivity index (χ0v) is 28.6. The van der Waals surface area contributed by atoms with Crippen LogP contribution in [-0.4, -0.2) is 186 Å². The third kappa shape index (κ3) is 11.1. The first-order valence-corrected chi connectivity index (χ1v) is 17.1. The monoisotopic (exact) mass is 716 g/mol. The van der Waals surface area contributed by atoms with Gasteiger partial charge in [0.15, 0.2) is 0 Å². The normalized spacial score (nSPS) is 27.0. The van der Waals surface area contributed by atoms with Crippen LogP contribution >= 0.6 is 0 Å². The Morgan fingerprint density at radius 2 is 1.41 bits per heavy atom. The number of likely N-dealkylation sites (tertiary alicyclic amines) is 1. The van der Waals surface area contributed by atoms with Gasteiger partial charge in [0, 0.05) is 65.1 Å². The summed E-state index contributed by atoms with van der Waals surface area (Å²) < 4.78 is 15.5. The quantitative estimate of drug-likeness (QED) is 0.149. The molecule has 3 amide bonds. The summed E-state index contributed by atoms with van der Waals surface area (Å²) in [6, 6.07) is 2.24. The van der Waals surface area contributed by atoms with Crippen molar-refractivity contribution in [1.82, 2.24) is 40.1 Å². The second-order valence-electron chi connectivity index (χ2n) is 13.0. The van der Waals surface area contributed by atoms with Crippen molar-refractivity contribution in [2.45, 2.75) is 44.8 Å². The minimum atomic E-state index is -1.76. The van der Waals surface area contributed by atoms with Crippen LogP contribution in [0.1, 0.15) is 35.8 Å². The molecule has 0 aliphatic carbocycles. The smallest absolute Gasteiger partial charge is 0.426 e. The number of carbonyl (C=O) groups is 6. The van der Waals surface area contributed by atoms with Gasteiger partial charge >= 0.3 is 31.5 Å². The molecule has 51 heavy (non-hydrogen) atoms. The third-order valence-corrected chi connectivity index (χ3v) is 9.24. The second kappa shape index (κ2) is 17.8. The lowest BCUT2D eigenvalue weighted by atomic mass is 9.78. The minimum Gasteiger partial charge on any atom is -0.426 e. The lowest BCUT2D eigenvalue weighted by Crippen LogP contribution is -2.52. The molecule has 0 radical (unpaired) electrons. The second-order valence-corrected chi connectivity index (χ2v) is 13.0. The molecule has 19 nitrogen and oxygen atoms in total. The first-order valence-electron chi connectivity index (χ1n) is 17.1. The number of fused-ring (bicyclic) bond motifs is 7. The number of hydrogen-bond acceptors (Lipinski definition) is 16. The van der Waals surface area contributed by atoms with E-state index >= 15 is 0 Å². The summed E-state index contributed by atoms with van der Waals surface area (Å²) >= 11 is 0. The molecule has 4 aliphatic rings. The van der Waals surface area contributed by atoms with Crippen molar-refractivity contribution in [1.29, 1.82) is 0 Å². The van der Waals surface area contributed by atoms with Crippen molar-refractivity contribution in [2.24, 2.45) is 0 Å².